The zero-order chi connectivity index (χ0) is 12.5. The molecule has 0 spiro atoms. The van der Waals surface area contributed by atoms with Crippen LogP contribution in [0.25, 0.3) is 0 Å². The lowest BCUT2D eigenvalue weighted by Crippen LogP contribution is -2.22. The largest absolute Gasteiger partial charge is 0.327 e. The van der Waals surface area contributed by atoms with Gasteiger partial charge in [-0.3, -0.25) is 0 Å². The summed E-state index contributed by atoms with van der Waals surface area (Å²) in [6.45, 7) is 2.21. The molecule has 96 valence electrons. The summed E-state index contributed by atoms with van der Waals surface area (Å²) in [6, 6.07) is 6.92. The van der Waals surface area contributed by atoms with Crippen LogP contribution >= 0.6 is 11.8 Å². The topological polar surface area (TPSA) is 26.0 Å². The lowest BCUT2D eigenvalue weighted by atomic mass is 10.1. The molecule has 2 N–H and O–H groups in total. The fourth-order valence-corrected chi connectivity index (χ4v) is 2.62. The molecule has 1 nitrogen and oxygen atoms in total. The second-order valence-corrected chi connectivity index (χ2v) is 5.47. The second kappa shape index (κ2) is 8.54. The molecule has 0 bridgehead atoms. The Labute approximate surface area is 108 Å². The summed E-state index contributed by atoms with van der Waals surface area (Å²) in [5.74, 6) is 0.696. The Morgan fingerprint density at radius 1 is 1.29 bits per heavy atom. The smallest absolute Gasteiger partial charge is 0.124 e. The van der Waals surface area contributed by atoms with Gasteiger partial charge in [-0.1, -0.05) is 38.7 Å². The molecule has 3 heteroatoms. The highest BCUT2D eigenvalue weighted by Gasteiger charge is 2.04. The van der Waals surface area contributed by atoms with Crippen molar-refractivity contribution in [3.8, 4) is 0 Å². The SMILES string of the molecule is CCCCCCC(N)CSc1cccc(F)c1. The fraction of sp³-hybridized carbons (Fsp3) is 0.571. The Bertz CT molecular complexity index is 317. The summed E-state index contributed by atoms with van der Waals surface area (Å²) in [7, 11) is 0. The minimum atomic E-state index is -0.175. The fourth-order valence-electron chi connectivity index (χ4n) is 1.68. The molecular weight excluding hydrogens is 233 g/mol. The normalized spacial score (nSPS) is 12.6. The van der Waals surface area contributed by atoms with Crippen LogP contribution in [-0.2, 0) is 0 Å². The summed E-state index contributed by atoms with van der Waals surface area (Å²) in [5, 5.41) is 0. The third-order valence-corrected chi connectivity index (χ3v) is 3.87. The number of hydrogen-bond donors (Lipinski definition) is 1. The molecule has 1 rings (SSSR count). The number of rotatable bonds is 8. The Hall–Kier alpha value is -0.540. The van der Waals surface area contributed by atoms with Gasteiger partial charge >= 0.3 is 0 Å². The van der Waals surface area contributed by atoms with Crippen molar-refractivity contribution in [3.05, 3.63) is 30.1 Å². The minimum absolute atomic E-state index is 0.175. The maximum Gasteiger partial charge on any atom is 0.124 e. The van der Waals surface area contributed by atoms with E-state index in [1.165, 1.54) is 31.7 Å². The first-order chi connectivity index (χ1) is 8.22. The first-order valence-electron chi connectivity index (χ1n) is 6.36. The van der Waals surface area contributed by atoms with Gasteiger partial charge in [0.25, 0.3) is 0 Å². The molecule has 0 aliphatic carbocycles. The molecule has 17 heavy (non-hydrogen) atoms. The van der Waals surface area contributed by atoms with Gasteiger partial charge in [-0.15, -0.1) is 11.8 Å². The zero-order valence-electron chi connectivity index (χ0n) is 10.5. The van der Waals surface area contributed by atoms with Gasteiger partial charge in [0.2, 0.25) is 0 Å². The van der Waals surface area contributed by atoms with Crippen LogP contribution in [0.15, 0.2) is 29.2 Å². The Balaban J connectivity index is 2.17. The Morgan fingerprint density at radius 3 is 2.82 bits per heavy atom. The van der Waals surface area contributed by atoms with Gasteiger partial charge < -0.3 is 5.73 Å². The van der Waals surface area contributed by atoms with Crippen LogP contribution in [0.4, 0.5) is 4.39 Å². The molecular formula is C14H22FNS. The van der Waals surface area contributed by atoms with Crippen molar-refractivity contribution in [1.29, 1.82) is 0 Å². The highest BCUT2D eigenvalue weighted by Crippen LogP contribution is 2.20. The van der Waals surface area contributed by atoms with E-state index < -0.39 is 0 Å². The summed E-state index contributed by atoms with van der Waals surface area (Å²) < 4.78 is 12.9. The van der Waals surface area contributed by atoms with Crippen LogP contribution in [0.2, 0.25) is 0 Å². The van der Waals surface area contributed by atoms with Crippen LogP contribution in [-0.4, -0.2) is 11.8 Å². The monoisotopic (exact) mass is 255 g/mol. The number of unbranched alkanes of at least 4 members (excludes halogenated alkanes) is 3. The second-order valence-electron chi connectivity index (χ2n) is 4.38. The number of thioether (sulfide) groups is 1. The van der Waals surface area contributed by atoms with Crippen molar-refractivity contribution in [2.75, 3.05) is 5.75 Å². The zero-order valence-corrected chi connectivity index (χ0v) is 11.3. The molecule has 0 fully saturated rings. The van der Waals surface area contributed by atoms with Crippen LogP contribution in [0.3, 0.4) is 0 Å². The molecule has 1 aromatic carbocycles. The van der Waals surface area contributed by atoms with E-state index >= 15 is 0 Å². The third kappa shape index (κ3) is 6.69. The van der Waals surface area contributed by atoms with E-state index in [0.29, 0.717) is 0 Å². The lowest BCUT2D eigenvalue weighted by molar-refractivity contribution is 0.579. The average Bonchev–Trinajstić information content (AvgIpc) is 2.32. The van der Waals surface area contributed by atoms with Gasteiger partial charge in [-0.2, -0.15) is 0 Å². The van der Waals surface area contributed by atoms with Gasteiger partial charge in [-0.25, -0.2) is 4.39 Å². The molecule has 0 amide bonds. The van der Waals surface area contributed by atoms with Crippen LogP contribution in [0.5, 0.6) is 0 Å². The van der Waals surface area contributed by atoms with Crippen molar-refractivity contribution in [1.82, 2.24) is 0 Å². The summed E-state index contributed by atoms with van der Waals surface area (Å²) in [6.07, 6.45) is 6.10. The first-order valence-corrected chi connectivity index (χ1v) is 7.35. The van der Waals surface area contributed by atoms with Crippen molar-refractivity contribution in [2.24, 2.45) is 5.73 Å². The van der Waals surface area contributed by atoms with Gasteiger partial charge in [0.1, 0.15) is 5.82 Å². The Kier molecular flexibility index (Phi) is 7.29. The standard InChI is InChI=1S/C14H22FNS/c1-2-3-4-5-8-13(16)11-17-14-9-6-7-12(15)10-14/h6-7,9-10,13H,2-5,8,11,16H2,1H3. The van der Waals surface area contributed by atoms with E-state index in [2.05, 4.69) is 6.92 Å². The molecule has 0 radical (unpaired) electrons. The van der Waals surface area contributed by atoms with E-state index in [0.717, 1.165) is 17.1 Å². The van der Waals surface area contributed by atoms with Crippen molar-refractivity contribution >= 4 is 11.8 Å². The van der Waals surface area contributed by atoms with Crippen LogP contribution in [0, 0.1) is 5.82 Å². The van der Waals surface area contributed by atoms with E-state index in [4.69, 9.17) is 5.73 Å². The van der Waals surface area contributed by atoms with Gasteiger partial charge in [0, 0.05) is 16.7 Å². The maximum absolute atomic E-state index is 12.9. The Morgan fingerprint density at radius 2 is 2.12 bits per heavy atom. The molecule has 1 unspecified atom stereocenters. The third-order valence-electron chi connectivity index (χ3n) is 2.69. The van der Waals surface area contributed by atoms with E-state index in [-0.39, 0.29) is 11.9 Å². The van der Waals surface area contributed by atoms with Crippen molar-refractivity contribution in [3.63, 3.8) is 0 Å². The average molecular weight is 255 g/mol. The molecule has 0 aromatic heterocycles. The molecule has 0 aliphatic heterocycles. The highest BCUT2D eigenvalue weighted by atomic mass is 32.2. The number of benzene rings is 1. The van der Waals surface area contributed by atoms with Crippen LogP contribution < -0.4 is 5.73 Å². The molecule has 0 saturated carbocycles. The molecule has 1 atom stereocenters. The summed E-state index contributed by atoms with van der Waals surface area (Å²) >= 11 is 1.64. The van der Waals surface area contributed by atoms with Crippen molar-refractivity contribution in [2.45, 2.75) is 50.0 Å². The summed E-state index contributed by atoms with van der Waals surface area (Å²) in [5.41, 5.74) is 6.03. The quantitative estimate of drug-likeness (QED) is 0.556. The molecule has 1 aromatic rings. The lowest BCUT2D eigenvalue weighted by Gasteiger charge is -2.10. The van der Waals surface area contributed by atoms with E-state index in [1.54, 1.807) is 23.9 Å². The highest BCUT2D eigenvalue weighted by molar-refractivity contribution is 7.99. The number of halogens is 1. The number of nitrogens with two attached hydrogens (primary N) is 1. The minimum Gasteiger partial charge on any atom is -0.327 e. The number of hydrogen-bond acceptors (Lipinski definition) is 2. The molecule has 0 heterocycles. The van der Waals surface area contributed by atoms with Gasteiger partial charge in [0.05, 0.1) is 0 Å². The summed E-state index contributed by atoms with van der Waals surface area (Å²) in [4.78, 5) is 0.967. The molecule has 0 saturated heterocycles. The maximum atomic E-state index is 12.9. The van der Waals surface area contributed by atoms with Crippen LogP contribution in [0.1, 0.15) is 39.0 Å². The van der Waals surface area contributed by atoms with Crippen molar-refractivity contribution < 1.29 is 4.39 Å². The predicted octanol–water partition coefficient (Wildman–Crippen LogP) is 4.22. The first kappa shape index (κ1) is 14.5. The van der Waals surface area contributed by atoms with Gasteiger partial charge in [0.15, 0.2) is 0 Å². The van der Waals surface area contributed by atoms with E-state index in [1.807, 2.05) is 6.07 Å². The molecule has 0 aliphatic rings. The predicted molar refractivity (Wildman–Crippen MR) is 73.9 cm³/mol. The van der Waals surface area contributed by atoms with Gasteiger partial charge in [-0.05, 0) is 24.6 Å². The van der Waals surface area contributed by atoms with E-state index in [9.17, 15) is 4.39 Å².